The van der Waals surface area contributed by atoms with E-state index in [0.29, 0.717) is 19.7 Å². The van der Waals surface area contributed by atoms with E-state index in [4.69, 9.17) is 14.2 Å². The van der Waals surface area contributed by atoms with E-state index in [2.05, 4.69) is 75.7 Å². The molecule has 2 aliphatic heterocycles. The molecule has 2 N–H and O–H groups in total. The summed E-state index contributed by atoms with van der Waals surface area (Å²) in [6.07, 6.45) is 6.48. The zero-order valence-electron chi connectivity index (χ0n) is 34.1. The van der Waals surface area contributed by atoms with E-state index in [1.165, 1.54) is 34.2 Å². The molecule has 0 spiro atoms. The van der Waals surface area contributed by atoms with Gasteiger partial charge in [-0.15, -0.1) is 0 Å². The molecule has 4 aromatic carbocycles. The summed E-state index contributed by atoms with van der Waals surface area (Å²) in [7, 11) is 1.73. The van der Waals surface area contributed by atoms with Crippen LogP contribution in [0.15, 0.2) is 126 Å². The third-order valence-corrected chi connectivity index (χ3v) is 11.8. The van der Waals surface area contributed by atoms with E-state index in [9.17, 15) is 9.59 Å². The Morgan fingerprint density at radius 3 is 2.09 bits per heavy atom. The fraction of sp³-hybridized carbons (Fsp3) is 0.354. The second kappa shape index (κ2) is 21.0. The smallest absolute Gasteiger partial charge is 0.409 e. The van der Waals surface area contributed by atoms with Crippen molar-refractivity contribution in [1.82, 2.24) is 19.9 Å². The molecule has 5 aromatic rings. The molecule has 58 heavy (non-hydrogen) atoms. The van der Waals surface area contributed by atoms with Crippen LogP contribution in [0.2, 0.25) is 0 Å². The van der Waals surface area contributed by atoms with E-state index in [-0.39, 0.29) is 29.4 Å². The summed E-state index contributed by atoms with van der Waals surface area (Å²) >= 11 is 1.52. The van der Waals surface area contributed by atoms with Gasteiger partial charge in [0.25, 0.3) is 0 Å². The highest BCUT2D eigenvalue weighted by molar-refractivity contribution is 7.97. The predicted octanol–water partition coefficient (Wildman–Crippen LogP) is 10.1. The largest absolute Gasteiger partial charge is 0.457 e. The summed E-state index contributed by atoms with van der Waals surface area (Å²) in [5.41, 5.74) is 6.95. The number of carbonyl (C=O) groups is 2. The number of piperidine rings is 1. The lowest BCUT2D eigenvalue weighted by atomic mass is 9.69. The number of hydrogen-bond acceptors (Lipinski definition) is 8. The molecule has 0 saturated carbocycles. The van der Waals surface area contributed by atoms with E-state index < -0.39 is 0 Å². The summed E-state index contributed by atoms with van der Waals surface area (Å²) in [5.74, 6) is 1.82. The number of likely N-dealkylation sites (tertiary alicyclic amines) is 1. The van der Waals surface area contributed by atoms with Crippen molar-refractivity contribution in [3.05, 3.63) is 144 Å². The lowest BCUT2D eigenvalue weighted by Crippen LogP contribution is -2.46. The first-order valence-electron chi connectivity index (χ1n) is 20.5. The van der Waals surface area contributed by atoms with Gasteiger partial charge in [0.05, 0.1) is 0 Å². The number of carbonyl (C=O) groups excluding carboxylic acids is 2. The van der Waals surface area contributed by atoms with Crippen LogP contribution in [-0.4, -0.2) is 67.9 Å². The minimum Gasteiger partial charge on any atom is -0.457 e. The predicted molar refractivity (Wildman–Crippen MR) is 232 cm³/mol. The summed E-state index contributed by atoms with van der Waals surface area (Å²) in [4.78, 5) is 30.7. The number of nitrogens with one attached hydrogen (secondary N) is 2. The van der Waals surface area contributed by atoms with E-state index in [1.54, 1.807) is 20.2 Å². The van der Waals surface area contributed by atoms with Crippen molar-refractivity contribution in [2.45, 2.75) is 75.3 Å². The van der Waals surface area contributed by atoms with Gasteiger partial charge in [0, 0.05) is 75.0 Å². The van der Waals surface area contributed by atoms with Crippen LogP contribution in [0.4, 0.5) is 4.79 Å². The molecule has 304 valence electrons. The Balaban J connectivity index is 0.000000192. The lowest BCUT2D eigenvalue weighted by Gasteiger charge is -2.40. The van der Waals surface area contributed by atoms with Gasteiger partial charge in [-0.2, -0.15) is 0 Å². The van der Waals surface area contributed by atoms with E-state index >= 15 is 0 Å². The number of para-hydroxylation sites is 2. The molecule has 2 amide bonds. The van der Waals surface area contributed by atoms with Crippen LogP contribution >= 0.6 is 11.9 Å². The van der Waals surface area contributed by atoms with Gasteiger partial charge in [0.1, 0.15) is 23.1 Å². The van der Waals surface area contributed by atoms with Crippen molar-refractivity contribution in [3.63, 3.8) is 0 Å². The molecule has 8 rings (SSSR count). The van der Waals surface area contributed by atoms with Gasteiger partial charge in [-0.3, -0.25) is 9.52 Å². The number of rotatable bonds is 12. The van der Waals surface area contributed by atoms with Crippen LogP contribution in [0, 0.1) is 0 Å². The number of nitrogens with zero attached hydrogens (tertiary/aromatic N) is 2. The van der Waals surface area contributed by atoms with Gasteiger partial charge < -0.3 is 24.4 Å². The van der Waals surface area contributed by atoms with Crippen molar-refractivity contribution in [1.29, 1.82) is 0 Å². The number of pyridine rings is 1. The van der Waals surface area contributed by atoms with E-state index in [0.717, 1.165) is 72.9 Å². The molecule has 3 heterocycles. The second-order valence-electron chi connectivity index (χ2n) is 14.5. The van der Waals surface area contributed by atoms with Gasteiger partial charge in [-0.25, -0.2) is 9.78 Å². The first kappa shape index (κ1) is 42.4. The molecule has 10 heteroatoms. The topological polar surface area (TPSA) is 102 Å². The molecule has 0 radical (unpaired) electrons. The van der Waals surface area contributed by atoms with Gasteiger partial charge in [-0.1, -0.05) is 105 Å². The fourth-order valence-corrected chi connectivity index (χ4v) is 8.88. The van der Waals surface area contributed by atoms with Crippen molar-refractivity contribution in [2.24, 2.45) is 0 Å². The number of benzene rings is 4. The van der Waals surface area contributed by atoms with Crippen LogP contribution in [0.3, 0.4) is 0 Å². The Hall–Kier alpha value is -5.16. The van der Waals surface area contributed by atoms with Crippen molar-refractivity contribution >= 4 is 23.9 Å². The van der Waals surface area contributed by atoms with Crippen LogP contribution in [0.5, 0.6) is 11.5 Å². The van der Waals surface area contributed by atoms with Gasteiger partial charge in [0.2, 0.25) is 5.91 Å². The van der Waals surface area contributed by atoms with Gasteiger partial charge >= 0.3 is 6.09 Å². The average Bonchev–Trinajstić information content (AvgIpc) is 3.60. The standard InChI is InChI=1S/C25H25N3O2S.C21H25NO3.C2H6/c29-25(28-15-7-8-18(16-28)27-31-24-13-5-6-14-26-24)30-17-23-21-11-3-1-9-19(21)20-10-2-4-12-22(20)23;1-16(23)22-15-21(13-7-8-14-24-2)17-9-3-5-11-19(17)25-20-12-6-4-10-18(20)21;1-2/h1-6,9-14,18,23,27H,7-8,15-17H2;3-6,9-12H,7-8,13-15H2,1-2H3,(H,22,23);1-2H3. The van der Waals surface area contributed by atoms with Crippen LogP contribution < -0.4 is 14.8 Å². The third kappa shape index (κ3) is 10.1. The number of amides is 2. The maximum absolute atomic E-state index is 12.9. The second-order valence-corrected chi connectivity index (χ2v) is 15.4. The first-order chi connectivity index (χ1) is 28.5. The first-order valence-corrected chi connectivity index (χ1v) is 21.3. The third-order valence-electron chi connectivity index (χ3n) is 10.8. The quantitative estimate of drug-likeness (QED) is 0.0950. The summed E-state index contributed by atoms with van der Waals surface area (Å²) in [6.45, 7) is 8.63. The molecule has 1 atom stereocenters. The van der Waals surface area contributed by atoms with Crippen molar-refractivity contribution in [2.75, 3.05) is 40.0 Å². The van der Waals surface area contributed by atoms with Crippen LogP contribution in [-0.2, 0) is 19.7 Å². The van der Waals surface area contributed by atoms with Gasteiger partial charge in [-0.05, 0) is 90.6 Å². The van der Waals surface area contributed by atoms with Crippen molar-refractivity contribution in [3.8, 4) is 22.6 Å². The molecule has 3 aliphatic rings. The number of methoxy groups -OCH3 is 1. The van der Waals surface area contributed by atoms with Crippen LogP contribution in [0.25, 0.3) is 11.1 Å². The zero-order chi connectivity index (χ0) is 40.7. The number of fused-ring (bicyclic) bond motifs is 5. The maximum atomic E-state index is 12.9. The Bertz CT molecular complexity index is 2000. The highest BCUT2D eigenvalue weighted by Gasteiger charge is 2.41. The fourth-order valence-electron chi connectivity index (χ4n) is 8.14. The van der Waals surface area contributed by atoms with Gasteiger partial charge in [0.15, 0.2) is 0 Å². The highest BCUT2D eigenvalue weighted by atomic mass is 32.2. The molecule has 1 fully saturated rings. The number of unbranched alkanes of at least 4 members (excludes halogenated alkanes) is 1. The van der Waals surface area contributed by atoms with E-state index in [1.807, 2.05) is 73.3 Å². The summed E-state index contributed by atoms with van der Waals surface area (Å²) in [5, 5.41) is 3.98. The monoisotopic (exact) mass is 800 g/mol. The number of hydrogen-bond donors (Lipinski definition) is 2. The minimum absolute atomic E-state index is 0.0160. The average molecular weight is 801 g/mol. The lowest BCUT2D eigenvalue weighted by molar-refractivity contribution is -0.119. The SMILES string of the molecule is CC.COCCCCC1(CNC(C)=O)c2ccccc2Oc2ccccc21.O=C(OCC1c2ccccc2-c2ccccc21)N1CCCC(NSc2ccccn2)C1. The molecule has 0 bridgehead atoms. The Morgan fingerprint density at radius 2 is 1.47 bits per heavy atom. The number of ether oxygens (including phenoxy) is 3. The molecular formula is C48H56N4O5S. The number of aromatic nitrogens is 1. The highest BCUT2D eigenvalue weighted by Crippen LogP contribution is 2.50. The molecule has 9 nitrogen and oxygen atoms in total. The molecule has 1 aliphatic carbocycles. The van der Waals surface area contributed by atoms with Crippen LogP contribution in [0.1, 0.15) is 81.0 Å². The Kier molecular flexibility index (Phi) is 15.4. The Labute approximate surface area is 348 Å². The molecular weight excluding hydrogens is 745 g/mol. The normalized spacial score (nSPS) is 15.7. The van der Waals surface area contributed by atoms with Crippen molar-refractivity contribution < 1.29 is 23.8 Å². The Morgan fingerprint density at radius 1 is 0.845 bits per heavy atom. The minimum atomic E-state index is -0.287. The summed E-state index contributed by atoms with van der Waals surface area (Å²) < 4.78 is 20.6. The molecule has 1 unspecified atom stereocenters. The molecule has 1 aromatic heterocycles. The zero-order valence-corrected chi connectivity index (χ0v) is 34.9. The molecule has 1 saturated heterocycles. The maximum Gasteiger partial charge on any atom is 0.409 e. The summed E-state index contributed by atoms with van der Waals surface area (Å²) in [6, 6.07) is 39.2.